The third-order valence-electron chi connectivity index (χ3n) is 3.83. The van der Waals surface area contributed by atoms with Gasteiger partial charge in [-0.2, -0.15) is 0 Å². The van der Waals surface area contributed by atoms with E-state index in [1.54, 1.807) is 12.1 Å². The first-order valence-corrected chi connectivity index (χ1v) is 7.42. The number of aliphatic hydroxyl groups is 3. The smallest absolute Gasteiger partial charge is 0.210 e. The number of ether oxygens (including phenoxy) is 1. The Labute approximate surface area is 140 Å². The topological polar surface area (TPSA) is 114 Å². The van der Waals surface area contributed by atoms with Crippen molar-refractivity contribution in [1.82, 2.24) is 14.5 Å². The van der Waals surface area contributed by atoms with Gasteiger partial charge in [-0.05, 0) is 12.1 Å². The summed E-state index contributed by atoms with van der Waals surface area (Å²) in [7, 11) is 0. The van der Waals surface area contributed by atoms with Crippen LogP contribution >= 0.6 is 11.6 Å². The van der Waals surface area contributed by atoms with E-state index in [1.165, 1.54) is 23.4 Å². The number of halogens is 1. The summed E-state index contributed by atoms with van der Waals surface area (Å²) in [5.41, 5.74) is 0.901. The van der Waals surface area contributed by atoms with E-state index < -0.39 is 24.7 Å². The summed E-state index contributed by atoms with van der Waals surface area (Å²) in [4.78, 5) is 8.41. The number of hydrogen-bond donors (Lipinski definition) is 3. The maximum absolute atomic E-state index is 10.2. The quantitative estimate of drug-likeness (QED) is 0.662. The molecule has 4 heterocycles. The van der Waals surface area contributed by atoms with Crippen molar-refractivity contribution < 1.29 is 24.5 Å². The highest BCUT2D eigenvalue weighted by Crippen LogP contribution is 2.38. The Kier molecular flexibility index (Phi) is 3.45. The molecule has 0 aliphatic carbocycles. The van der Waals surface area contributed by atoms with Crippen molar-refractivity contribution in [3.8, 4) is 11.5 Å². The zero-order chi connectivity index (χ0) is 16.8. The third kappa shape index (κ3) is 2.08. The van der Waals surface area contributed by atoms with E-state index in [9.17, 15) is 15.3 Å². The molecule has 0 spiro atoms. The van der Waals surface area contributed by atoms with E-state index in [1.807, 2.05) is 0 Å². The van der Waals surface area contributed by atoms with Crippen molar-refractivity contribution in [3.63, 3.8) is 0 Å². The van der Waals surface area contributed by atoms with Gasteiger partial charge in [0.25, 0.3) is 0 Å². The van der Waals surface area contributed by atoms with Crippen LogP contribution in [0.25, 0.3) is 22.5 Å². The molecule has 8 nitrogen and oxygen atoms in total. The first-order chi connectivity index (χ1) is 11.6. The minimum Gasteiger partial charge on any atom is -0.506 e. The van der Waals surface area contributed by atoms with Crippen LogP contribution < -0.4 is 0 Å². The molecule has 0 fully saturated rings. The molecule has 3 aromatic heterocycles. The largest absolute Gasteiger partial charge is 0.506 e. The van der Waals surface area contributed by atoms with E-state index in [0.717, 1.165) is 0 Å². The van der Waals surface area contributed by atoms with Crippen molar-refractivity contribution >= 4 is 22.6 Å². The van der Waals surface area contributed by atoms with E-state index >= 15 is 0 Å². The van der Waals surface area contributed by atoms with Gasteiger partial charge in [0.05, 0.1) is 16.7 Å². The monoisotopic (exact) mass is 349 g/mol. The predicted octanol–water partition coefficient (Wildman–Crippen LogP) is 2.00. The Hall–Kier alpha value is -2.55. The number of aliphatic hydroxyl groups excluding tert-OH is 3. The third-order valence-corrected chi connectivity index (χ3v) is 4.12. The van der Waals surface area contributed by atoms with Gasteiger partial charge in [-0.15, -0.1) is 0 Å². The zero-order valence-electron chi connectivity index (χ0n) is 12.1. The van der Waals surface area contributed by atoms with Gasteiger partial charge in [-0.25, -0.2) is 9.97 Å². The second-order valence-corrected chi connectivity index (χ2v) is 5.61. The van der Waals surface area contributed by atoms with Crippen molar-refractivity contribution in [3.05, 3.63) is 47.5 Å². The highest BCUT2D eigenvalue weighted by molar-refractivity contribution is 6.36. The molecular weight excluding hydrogens is 338 g/mol. The van der Waals surface area contributed by atoms with Gasteiger partial charge in [-0.3, -0.25) is 4.57 Å². The van der Waals surface area contributed by atoms with Crippen molar-refractivity contribution in [2.45, 2.75) is 12.3 Å². The van der Waals surface area contributed by atoms with Crippen LogP contribution in [0.15, 0.2) is 46.9 Å². The van der Waals surface area contributed by atoms with Gasteiger partial charge >= 0.3 is 0 Å². The molecule has 0 saturated carbocycles. The Balaban J connectivity index is 1.86. The van der Waals surface area contributed by atoms with Crippen molar-refractivity contribution in [1.29, 1.82) is 0 Å². The second-order valence-electron chi connectivity index (χ2n) is 5.20. The van der Waals surface area contributed by atoms with E-state index in [-0.39, 0.29) is 5.76 Å². The van der Waals surface area contributed by atoms with Gasteiger partial charge in [-0.1, -0.05) is 11.6 Å². The number of nitrogens with zero attached hydrogens (tertiary/aromatic N) is 3. The highest BCUT2D eigenvalue weighted by Gasteiger charge is 2.38. The van der Waals surface area contributed by atoms with E-state index in [0.29, 0.717) is 27.5 Å². The minimum absolute atomic E-state index is 0.0919. The fraction of sp³-hybridized carbons (Fsp3) is 0.200. The standard InChI is InChI=1S/C15H12ClN3O5/c16-7-4-19(15-13(22)12(21)9(5-20)24-15)14-10(7)11(17-6-18-14)8-2-1-3-23-8/h1-4,6,13,15,20-22H,5H2/t13-,15-/m1/s1. The lowest BCUT2D eigenvalue weighted by molar-refractivity contribution is -0.0116. The summed E-state index contributed by atoms with van der Waals surface area (Å²) >= 11 is 6.33. The number of hydrogen-bond acceptors (Lipinski definition) is 7. The Bertz CT molecular complexity index is 934. The van der Waals surface area contributed by atoms with Gasteiger partial charge < -0.3 is 24.5 Å². The average Bonchev–Trinajstić information content (AvgIpc) is 3.29. The Morgan fingerprint density at radius 3 is 2.83 bits per heavy atom. The molecule has 0 amide bonds. The highest BCUT2D eigenvalue weighted by atomic mass is 35.5. The van der Waals surface area contributed by atoms with Crippen LogP contribution in [-0.2, 0) is 4.74 Å². The van der Waals surface area contributed by atoms with Crippen LogP contribution in [0, 0.1) is 0 Å². The zero-order valence-corrected chi connectivity index (χ0v) is 12.9. The molecule has 0 aromatic carbocycles. The molecule has 4 rings (SSSR count). The molecule has 0 radical (unpaired) electrons. The number of aromatic nitrogens is 3. The number of fused-ring (bicyclic) bond motifs is 1. The lowest BCUT2D eigenvalue weighted by atomic mass is 10.2. The average molecular weight is 350 g/mol. The van der Waals surface area contributed by atoms with Crippen molar-refractivity contribution in [2.24, 2.45) is 0 Å². The second kappa shape index (κ2) is 5.52. The molecule has 1 aliphatic heterocycles. The summed E-state index contributed by atoms with van der Waals surface area (Å²) in [5, 5.41) is 30.0. The summed E-state index contributed by atoms with van der Waals surface area (Å²) < 4.78 is 12.3. The fourth-order valence-electron chi connectivity index (χ4n) is 2.73. The molecule has 3 N–H and O–H groups in total. The van der Waals surface area contributed by atoms with Gasteiger partial charge in [0, 0.05) is 6.20 Å². The van der Waals surface area contributed by atoms with Crippen LogP contribution in [0.2, 0.25) is 5.02 Å². The van der Waals surface area contributed by atoms with E-state index in [4.69, 9.17) is 20.8 Å². The van der Waals surface area contributed by atoms with Crippen LogP contribution in [-0.4, -0.2) is 42.6 Å². The molecule has 0 saturated heterocycles. The lowest BCUT2D eigenvalue weighted by Gasteiger charge is -2.17. The van der Waals surface area contributed by atoms with Crippen LogP contribution in [0.4, 0.5) is 0 Å². The fourth-order valence-corrected chi connectivity index (χ4v) is 3.01. The maximum Gasteiger partial charge on any atom is 0.210 e. The SMILES string of the molecule is OCC1=C(O)[C@@H](O)[C@H](n2cc(Cl)c3c(-c4ccco4)ncnc32)O1. The molecule has 2 atom stereocenters. The molecule has 3 aromatic rings. The van der Waals surface area contributed by atoms with Gasteiger partial charge in [0.1, 0.15) is 24.3 Å². The summed E-state index contributed by atoms with van der Waals surface area (Å²) in [5.74, 6) is 0.0125. The van der Waals surface area contributed by atoms with Crippen molar-refractivity contribution in [2.75, 3.05) is 6.61 Å². The van der Waals surface area contributed by atoms with Crippen LogP contribution in [0.1, 0.15) is 6.23 Å². The molecule has 1 aliphatic rings. The lowest BCUT2D eigenvalue weighted by Crippen LogP contribution is -2.22. The molecule has 0 bridgehead atoms. The minimum atomic E-state index is -1.35. The Morgan fingerprint density at radius 2 is 2.17 bits per heavy atom. The number of furan rings is 1. The van der Waals surface area contributed by atoms with Crippen LogP contribution in [0.5, 0.6) is 0 Å². The normalized spacial score (nSPS) is 20.8. The molecule has 24 heavy (non-hydrogen) atoms. The van der Waals surface area contributed by atoms with Gasteiger partial charge in [0.15, 0.2) is 23.4 Å². The summed E-state index contributed by atoms with van der Waals surface area (Å²) in [6.07, 6.45) is 2.04. The number of rotatable bonds is 3. The van der Waals surface area contributed by atoms with Crippen LogP contribution in [0.3, 0.4) is 0 Å². The van der Waals surface area contributed by atoms with E-state index in [2.05, 4.69) is 9.97 Å². The first-order valence-electron chi connectivity index (χ1n) is 7.04. The summed E-state index contributed by atoms with van der Waals surface area (Å²) in [6, 6.07) is 3.47. The molecule has 9 heteroatoms. The molecule has 124 valence electrons. The molecular formula is C15H12ClN3O5. The Morgan fingerprint density at radius 1 is 1.33 bits per heavy atom. The maximum atomic E-state index is 10.2. The predicted molar refractivity (Wildman–Crippen MR) is 83.1 cm³/mol. The van der Waals surface area contributed by atoms with Gasteiger partial charge in [0.2, 0.25) is 6.23 Å². The first kappa shape index (κ1) is 15.0. The molecule has 0 unspecified atom stereocenters. The summed E-state index contributed by atoms with van der Waals surface area (Å²) in [6.45, 7) is -0.529.